The molecular formula is C18H20N2O3. The Labute approximate surface area is 135 Å². The van der Waals surface area contributed by atoms with Crippen molar-refractivity contribution in [3.05, 3.63) is 53.7 Å². The predicted octanol–water partition coefficient (Wildman–Crippen LogP) is 3.20. The number of para-hydroxylation sites is 1. The van der Waals surface area contributed by atoms with Crippen LogP contribution in [0.5, 0.6) is 5.75 Å². The molecule has 0 aliphatic carbocycles. The van der Waals surface area contributed by atoms with Crippen molar-refractivity contribution >= 4 is 11.7 Å². The van der Waals surface area contributed by atoms with Crippen molar-refractivity contribution in [1.82, 2.24) is 4.98 Å². The lowest BCUT2D eigenvalue weighted by Crippen LogP contribution is -2.19. The average Bonchev–Trinajstić information content (AvgIpc) is 3.09. The molecule has 1 aliphatic rings. The normalized spacial score (nSPS) is 17.0. The molecule has 120 valence electrons. The maximum Gasteiger partial charge on any atom is 0.260 e. The van der Waals surface area contributed by atoms with Gasteiger partial charge in [0.15, 0.2) is 0 Å². The number of nitrogens with zero attached hydrogens (tertiary/aromatic N) is 1. The van der Waals surface area contributed by atoms with E-state index < -0.39 is 0 Å². The maximum absolute atomic E-state index is 12.5. The fourth-order valence-electron chi connectivity index (χ4n) is 2.46. The minimum absolute atomic E-state index is 0.116. The van der Waals surface area contributed by atoms with Crippen LogP contribution in [0.2, 0.25) is 0 Å². The zero-order valence-corrected chi connectivity index (χ0v) is 13.1. The first-order valence-electron chi connectivity index (χ1n) is 7.80. The lowest BCUT2D eigenvalue weighted by atomic mass is 10.2. The third-order valence-corrected chi connectivity index (χ3v) is 3.73. The standard InChI is InChI=1S/C18H20N2O3/c1-13-8-9-17(19-11-13)20-18(21)15-6-2-3-7-16(15)23-12-14-5-4-10-22-14/h2-3,6-9,11,14H,4-5,10,12H2,1H3,(H,19,20,21). The molecule has 5 nitrogen and oxygen atoms in total. The Hall–Kier alpha value is -2.40. The molecule has 1 aromatic carbocycles. The second-order valence-electron chi connectivity index (χ2n) is 5.62. The molecule has 0 saturated carbocycles. The third kappa shape index (κ3) is 4.07. The Balaban J connectivity index is 1.68. The zero-order chi connectivity index (χ0) is 16.1. The summed E-state index contributed by atoms with van der Waals surface area (Å²) in [6, 6.07) is 10.9. The van der Waals surface area contributed by atoms with Crippen molar-refractivity contribution in [1.29, 1.82) is 0 Å². The fraction of sp³-hybridized carbons (Fsp3) is 0.333. The van der Waals surface area contributed by atoms with Crippen molar-refractivity contribution in [2.24, 2.45) is 0 Å². The summed E-state index contributed by atoms with van der Waals surface area (Å²) in [5, 5.41) is 2.79. The Bertz CT molecular complexity index is 664. The Morgan fingerprint density at radius 3 is 2.96 bits per heavy atom. The first-order valence-corrected chi connectivity index (χ1v) is 7.80. The van der Waals surface area contributed by atoms with Gasteiger partial charge in [-0.25, -0.2) is 4.98 Å². The van der Waals surface area contributed by atoms with Gasteiger partial charge in [-0.1, -0.05) is 18.2 Å². The van der Waals surface area contributed by atoms with Crippen LogP contribution in [-0.2, 0) is 4.74 Å². The molecule has 0 radical (unpaired) electrons. The Kier molecular flexibility index (Phi) is 4.88. The fourth-order valence-corrected chi connectivity index (χ4v) is 2.46. The van der Waals surface area contributed by atoms with Crippen LogP contribution < -0.4 is 10.1 Å². The molecule has 1 N–H and O–H groups in total. The highest BCUT2D eigenvalue weighted by Gasteiger charge is 2.18. The van der Waals surface area contributed by atoms with Crippen LogP contribution in [0.1, 0.15) is 28.8 Å². The number of amides is 1. The van der Waals surface area contributed by atoms with Crippen molar-refractivity contribution in [3.8, 4) is 5.75 Å². The van der Waals surface area contributed by atoms with Crippen LogP contribution in [0.25, 0.3) is 0 Å². The van der Waals surface area contributed by atoms with E-state index in [0.29, 0.717) is 23.7 Å². The molecule has 2 heterocycles. The van der Waals surface area contributed by atoms with Crippen LogP contribution in [-0.4, -0.2) is 30.2 Å². The van der Waals surface area contributed by atoms with Gasteiger partial charge in [-0.2, -0.15) is 0 Å². The number of hydrogen-bond acceptors (Lipinski definition) is 4. The number of rotatable bonds is 5. The second kappa shape index (κ2) is 7.24. The average molecular weight is 312 g/mol. The number of aromatic nitrogens is 1. The largest absolute Gasteiger partial charge is 0.490 e. The third-order valence-electron chi connectivity index (χ3n) is 3.73. The van der Waals surface area contributed by atoms with Gasteiger partial charge in [0.2, 0.25) is 0 Å². The molecule has 2 aromatic rings. The summed E-state index contributed by atoms with van der Waals surface area (Å²) in [4.78, 5) is 16.6. The molecule has 1 amide bonds. The maximum atomic E-state index is 12.5. The minimum atomic E-state index is -0.232. The van der Waals surface area contributed by atoms with Gasteiger partial charge in [0, 0.05) is 12.8 Å². The van der Waals surface area contributed by atoms with Gasteiger partial charge in [0.25, 0.3) is 5.91 Å². The van der Waals surface area contributed by atoms with Gasteiger partial charge in [-0.3, -0.25) is 4.79 Å². The van der Waals surface area contributed by atoms with E-state index in [1.54, 1.807) is 24.4 Å². The number of aryl methyl sites for hydroxylation is 1. The summed E-state index contributed by atoms with van der Waals surface area (Å²) in [6.07, 6.45) is 3.90. The highest BCUT2D eigenvalue weighted by molar-refractivity contribution is 6.05. The topological polar surface area (TPSA) is 60.5 Å². The van der Waals surface area contributed by atoms with E-state index in [2.05, 4.69) is 10.3 Å². The van der Waals surface area contributed by atoms with E-state index in [1.165, 1.54) is 0 Å². The first kappa shape index (κ1) is 15.5. The van der Waals surface area contributed by atoms with E-state index in [0.717, 1.165) is 25.0 Å². The minimum Gasteiger partial charge on any atom is -0.490 e. The van der Waals surface area contributed by atoms with Gasteiger partial charge in [-0.05, 0) is 43.5 Å². The zero-order valence-electron chi connectivity index (χ0n) is 13.1. The SMILES string of the molecule is Cc1ccc(NC(=O)c2ccccc2OCC2CCCO2)nc1. The van der Waals surface area contributed by atoms with Crippen molar-refractivity contribution in [2.45, 2.75) is 25.9 Å². The summed E-state index contributed by atoms with van der Waals surface area (Å²) >= 11 is 0. The molecule has 1 aliphatic heterocycles. The van der Waals surface area contributed by atoms with Crippen molar-refractivity contribution in [3.63, 3.8) is 0 Å². The molecule has 3 rings (SSSR count). The van der Waals surface area contributed by atoms with Gasteiger partial charge in [0.1, 0.15) is 18.2 Å². The number of ether oxygens (including phenoxy) is 2. The van der Waals surface area contributed by atoms with Gasteiger partial charge < -0.3 is 14.8 Å². The van der Waals surface area contributed by atoms with Gasteiger partial charge in [0.05, 0.1) is 11.7 Å². The molecular weight excluding hydrogens is 292 g/mol. The number of pyridine rings is 1. The summed E-state index contributed by atoms with van der Waals surface area (Å²) < 4.78 is 11.3. The van der Waals surface area contributed by atoms with E-state index in [1.807, 2.05) is 25.1 Å². The Morgan fingerprint density at radius 2 is 2.22 bits per heavy atom. The van der Waals surface area contributed by atoms with E-state index in [9.17, 15) is 4.79 Å². The molecule has 1 aromatic heterocycles. The molecule has 0 spiro atoms. The molecule has 1 fully saturated rings. The van der Waals surface area contributed by atoms with Gasteiger partial charge >= 0.3 is 0 Å². The number of carbonyl (C=O) groups is 1. The van der Waals surface area contributed by atoms with Crippen molar-refractivity contribution < 1.29 is 14.3 Å². The summed E-state index contributed by atoms with van der Waals surface area (Å²) in [5.74, 6) is 0.853. The van der Waals surface area contributed by atoms with Crippen LogP contribution in [0, 0.1) is 6.92 Å². The summed E-state index contributed by atoms with van der Waals surface area (Å²) in [7, 11) is 0. The lowest BCUT2D eigenvalue weighted by Gasteiger charge is -2.14. The molecule has 1 atom stereocenters. The highest BCUT2D eigenvalue weighted by Crippen LogP contribution is 2.21. The van der Waals surface area contributed by atoms with E-state index in [-0.39, 0.29) is 12.0 Å². The van der Waals surface area contributed by atoms with Crippen LogP contribution in [0.4, 0.5) is 5.82 Å². The second-order valence-corrected chi connectivity index (χ2v) is 5.62. The molecule has 1 saturated heterocycles. The van der Waals surface area contributed by atoms with Gasteiger partial charge in [-0.15, -0.1) is 0 Å². The monoisotopic (exact) mass is 312 g/mol. The van der Waals surface area contributed by atoms with Crippen LogP contribution in [0.3, 0.4) is 0 Å². The number of hydrogen-bond donors (Lipinski definition) is 1. The van der Waals surface area contributed by atoms with Crippen LogP contribution >= 0.6 is 0 Å². The quantitative estimate of drug-likeness (QED) is 0.921. The predicted molar refractivity (Wildman–Crippen MR) is 87.8 cm³/mol. The summed E-state index contributed by atoms with van der Waals surface area (Å²) in [6.45, 7) is 3.20. The highest BCUT2D eigenvalue weighted by atomic mass is 16.5. The van der Waals surface area contributed by atoms with E-state index >= 15 is 0 Å². The number of anilines is 1. The van der Waals surface area contributed by atoms with Crippen molar-refractivity contribution in [2.75, 3.05) is 18.5 Å². The number of carbonyl (C=O) groups excluding carboxylic acids is 1. The molecule has 0 bridgehead atoms. The summed E-state index contributed by atoms with van der Waals surface area (Å²) in [5.41, 5.74) is 1.54. The molecule has 1 unspecified atom stereocenters. The molecule has 5 heteroatoms. The smallest absolute Gasteiger partial charge is 0.260 e. The van der Waals surface area contributed by atoms with E-state index in [4.69, 9.17) is 9.47 Å². The molecule has 23 heavy (non-hydrogen) atoms. The lowest BCUT2D eigenvalue weighted by molar-refractivity contribution is 0.0673. The Morgan fingerprint density at radius 1 is 1.35 bits per heavy atom. The number of benzene rings is 1. The number of nitrogens with one attached hydrogen (secondary N) is 1. The first-order chi connectivity index (χ1) is 11.2. The van der Waals surface area contributed by atoms with Crippen LogP contribution in [0.15, 0.2) is 42.6 Å².